The van der Waals surface area contributed by atoms with Crippen molar-refractivity contribution in [3.05, 3.63) is 35.6 Å². The molecule has 0 saturated heterocycles. The molecule has 1 N–H and O–H groups in total. The molecule has 11 heavy (non-hydrogen) atoms. The first-order valence-electron chi connectivity index (χ1n) is 3.24. The maximum absolute atomic E-state index is 12.4. The van der Waals surface area contributed by atoms with Crippen molar-refractivity contribution in [1.29, 1.82) is 0 Å². The predicted molar refractivity (Wildman–Crippen MR) is 50.2 cm³/mol. The molecule has 0 amide bonds. The first-order valence-corrected chi connectivity index (χ1v) is 4.49. The van der Waals surface area contributed by atoms with Crippen LogP contribution in [0, 0.1) is 5.82 Å². The Morgan fingerprint density at radius 3 is 2.36 bits per heavy atom. The van der Waals surface area contributed by atoms with Crippen LogP contribution in [0.3, 0.4) is 0 Å². The molecule has 1 nitrogen and oxygen atoms in total. The molecule has 0 fully saturated rings. The van der Waals surface area contributed by atoms with Crippen LogP contribution in [0.1, 0.15) is 9.49 Å². The fraction of sp³-hybridized carbons (Fsp3) is 0.250. The van der Waals surface area contributed by atoms with E-state index in [2.05, 4.69) is 22.6 Å². The zero-order chi connectivity index (χ0) is 8.27. The number of halogens is 2. The van der Waals surface area contributed by atoms with Gasteiger partial charge in [-0.25, -0.2) is 4.39 Å². The van der Waals surface area contributed by atoms with Gasteiger partial charge in [0.1, 0.15) is 5.82 Å². The second-order valence-electron chi connectivity index (χ2n) is 2.20. The number of rotatable bonds is 2. The van der Waals surface area contributed by atoms with Gasteiger partial charge in [0.15, 0.2) is 0 Å². The van der Waals surface area contributed by atoms with Gasteiger partial charge in [0.05, 0.1) is 10.5 Å². The second-order valence-corrected chi connectivity index (χ2v) is 3.71. The summed E-state index contributed by atoms with van der Waals surface area (Å²) in [5, 5.41) is 8.76. The molecule has 0 spiro atoms. The summed E-state index contributed by atoms with van der Waals surface area (Å²) in [6.45, 7) is 0.0895. The van der Waals surface area contributed by atoms with Crippen molar-refractivity contribution >= 4 is 22.6 Å². The minimum Gasteiger partial charge on any atom is -0.395 e. The van der Waals surface area contributed by atoms with Gasteiger partial charge in [0.2, 0.25) is 0 Å². The molecule has 60 valence electrons. The fourth-order valence-corrected chi connectivity index (χ4v) is 1.19. The van der Waals surface area contributed by atoms with Gasteiger partial charge >= 0.3 is 0 Å². The van der Waals surface area contributed by atoms with Crippen LogP contribution in [0.4, 0.5) is 4.39 Å². The smallest absolute Gasteiger partial charge is 0.123 e. The minimum atomic E-state index is -0.240. The lowest BCUT2D eigenvalue weighted by atomic mass is 10.2. The van der Waals surface area contributed by atoms with Gasteiger partial charge in [-0.15, -0.1) is 0 Å². The van der Waals surface area contributed by atoms with E-state index in [1.807, 2.05) is 0 Å². The zero-order valence-corrected chi connectivity index (χ0v) is 7.95. The molecule has 1 aromatic rings. The highest BCUT2D eigenvalue weighted by atomic mass is 127. The van der Waals surface area contributed by atoms with Crippen molar-refractivity contribution in [2.45, 2.75) is 3.92 Å². The third-order valence-corrected chi connectivity index (χ3v) is 2.51. The number of hydrogen-bond acceptors (Lipinski definition) is 1. The third kappa shape index (κ3) is 2.41. The summed E-state index contributed by atoms with van der Waals surface area (Å²) < 4.78 is 12.5. The molecule has 1 unspecified atom stereocenters. The van der Waals surface area contributed by atoms with E-state index in [0.29, 0.717) is 0 Å². The number of aliphatic hydroxyl groups is 1. The van der Waals surface area contributed by atoms with Crippen LogP contribution in [-0.2, 0) is 0 Å². The van der Waals surface area contributed by atoms with Crippen molar-refractivity contribution < 1.29 is 9.50 Å². The lowest BCUT2D eigenvalue weighted by Gasteiger charge is -2.04. The molecule has 3 heteroatoms. The lowest BCUT2D eigenvalue weighted by molar-refractivity contribution is 0.301. The molecule has 0 aliphatic carbocycles. The average molecular weight is 266 g/mol. The number of aliphatic hydroxyl groups excluding tert-OH is 1. The molecular formula is C8H8FIO. The second kappa shape index (κ2) is 4.01. The van der Waals surface area contributed by atoms with E-state index in [-0.39, 0.29) is 16.3 Å². The summed E-state index contributed by atoms with van der Waals surface area (Å²) in [7, 11) is 0. The zero-order valence-electron chi connectivity index (χ0n) is 5.80. The summed E-state index contributed by atoms with van der Waals surface area (Å²) in [6.07, 6.45) is 0. The summed E-state index contributed by atoms with van der Waals surface area (Å²) in [5.74, 6) is -0.240. The Morgan fingerprint density at radius 1 is 1.36 bits per heavy atom. The van der Waals surface area contributed by atoms with Crippen LogP contribution in [0.2, 0.25) is 0 Å². The van der Waals surface area contributed by atoms with Crippen LogP contribution >= 0.6 is 22.6 Å². The van der Waals surface area contributed by atoms with Crippen LogP contribution in [0.25, 0.3) is 0 Å². The van der Waals surface area contributed by atoms with E-state index in [1.165, 1.54) is 12.1 Å². The molecule has 1 atom stereocenters. The van der Waals surface area contributed by atoms with Crippen LogP contribution in [-0.4, -0.2) is 11.7 Å². The van der Waals surface area contributed by atoms with Crippen LogP contribution in [0.15, 0.2) is 24.3 Å². The van der Waals surface area contributed by atoms with Crippen molar-refractivity contribution in [2.75, 3.05) is 6.61 Å². The Labute approximate surface area is 78.4 Å². The fourth-order valence-electron chi connectivity index (χ4n) is 0.777. The Hall–Kier alpha value is -0.160. The third-order valence-electron chi connectivity index (χ3n) is 1.39. The SMILES string of the molecule is OCC(I)c1ccc(F)cc1. The average Bonchev–Trinajstić information content (AvgIpc) is 2.05. The summed E-state index contributed by atoms with van der Waals surface area (Å²) in [5.41, 5.74) is 0.953. The standard InChI is InChI=1S/C8H8FIO/c9-7-3-1-6(2-4-7)8(10)5-11/h1-4,8,11H,5H2. The molecule has 1 aromatic carbocycles. The van der Waals surface area contributed by atoms with E-state index in [9.17, 15) is 4.39 Å². The molecule has 0 aliphatic rings. The normalized spacial score (nSPS) is 13.0. The topological polar surface area (TPSA) is 20.2 Å². The molecule has 0 aromatic heterocycles. The van der Waals surface area contributed by atoms with Crippen molar-refractivity contribution in [1.82, 2.24) is 0 Å². The maximum atomic E-state index is 12.4. The molecule has 0 radical (unpaired) electrons. The summed E-state index contributed by atoms with van der Waals surface area (Å²) in [6, 6.07) is 6.17. The molecule has 1 rings (SSSR count). The van der Waals surface area contributed by atoms with Crippen molar-refractivity contribution in [3.63, 3.8) is 0 Å². The molecule has 0 heterocycles. The van der Waals surface area contributed by atoms with Crippen molar-refractivity contribution in [2.24, 2.45) is 0 Å². The van der Waals surface area contributed by atoms with Gasteiger partial charge in [-0.1, -0.05) is 34.7 Å². The number of benzene rings is 1. The monoisotopic (exact) mass is 266 g/mol. The van der Waals surface area contributed by atoms with Gasteiger partial charge in [-0.05, 0) is 17.7 Å². The van der Waals surface area contributed by atoms with Gasteiger partial charge < -0.3 is 5.11 Å². The molecule has 0 bridgehead atoms. The Morgan fingerprint density at radius 2 is 1.91 bits per heavy atom. The van der Waals surface area contributed by atoms with Gasteiger partial charge in [0.25, 0.3) is 0 Å². The van der Waals surface area contributed by atoms with Crippen LogP contribution < -0.4 is 0 Å². The molecular weight excluding hydrogens is 258 g/mol. The van der Waals surface area contributed by atoms with E-state index in [4.69, 9.17) is 5.11 Å². The number of alkyl halides is 1. The Kier molecular flexibility index (Phi) is 3.26. The quantitative estimate of drug-likeness (QED) is 0.643. The summed E-state index contributed by atoms with van der Waals surface area (Å²) in [4.78, 5) is 0. The first-order chi connectivity index (χ1) is 5.24. The van der Waals surface area contributed by atoms with Gasteiger partial charge in [0, 0.05) is 0 Å². The Balaban J connectivity index is 2.81. The highest BCUT2D eigenvalue weighted by molar-refractivity contribution is 14.1. The number of hydrogen-bond donors (Lipinski definition) is 1. The Bertz CT molecular complexity index is 222. The van der Waals surface area contributed by atoms with E-state index in [1.54, 1.807) is 12.1 Å². The van der Waals surface area contributed by atoms with E-state index < -0.39 is 0 Å². The molecule has 0 aliphatic heterocycles. The minimum absolute atomic E-state index is 0.0631. The summed E-state index contributed by atoms with van der Waals surface area (Å²) >= 11 is 2.11. The van der Waals surface area contributed by atoms with E-state index >= 15 is 0 Å². The van der Waals surface area contributed by atoms with Crippen molar-refractivity contribution in [3.8, 4) is 0 Å². The van der Waals surface area contributed by atoms with E-state index in [0.717, 1.165) is 5.56 Å². The van der Waals surface area contributed by atoms with Gasteiger partial charge in [-0.2, -0.15) is 0 Å². The maximum Gasteiger partial charge on any atom is 0.123 e. The first kappa shape index (κ1) is 8.93. The highest BCUT2D eigenvalue weighted by Gasteiger charge is 2.03. The lowest BCUT2D eigenvalue weighted by Crippen LogP contribution is -1.94. The predicted octanol–water partition coefficient (Wildman–Crippen LogP) is 2.29. The van der Waals surface area contributed by atoms with Crippen LogP contribution in [0.5, 0.6) is 0 Å². The highest BCUT2D eigenvalue weighted by Crippen LogP contribution is 2.21. The molecule has 0 saturated carbocycles. The van der Waals surface area contributed by atoms with Gasteiger partial charge in [-0.3, -0.25) is 0 Å². The largest absolute Gasteiger partial charge is 0.395 e.